The summed E-state index contributed by atoms with van der Waals surface area (Å²) in [7, 11) is -3.77. The summed E-state index contributed by atoms with van der Waals surface area (Å²) in [6.07, 6.45) is 8.11. The average molecular weight is 556 g/mol. The van der Waals surface area contributed by atoms with E-state index in [9.17, 15) is 17.6 Å². The normalized spacial score (nSPS) is 20.3. The third-order valence-electron chi connectivity index (χ3n) is 8.45. The molecule has 1 N–H and O–H groups in total. The van der Waals surface area contributed by atoms with Crippen LogP contribution in [0.4, 0.5) is 4.39 Å². The lowest BCUT2D eigenvalue weighted by molar-refractivity contribution is 0.0252. The molecule has 0 atom stereocenters. The first-order valence-electron chi connectivity index (χ1n) is 13.8. The predicted octanol–water partition coefficient (Wildman–Crippen LogP) is 3.87. The fourth-order valence-corrected chi connectivity index (χ4v) is 6.63. The van der Waals surface area contributed by atoms with Crippen LogP contribution in [-0.2, 0) is 14.8 Å². The molecule has 11 heteroatoms. The van der Waals surface area contributed by atoms with Gasteiger partial charge in [-0.05, 0) is 93.4 Å². The van der Waals surface area contributed by atoms with Crippen LogP contribution in [0, 0.1) is 5.82 Å². The molecule has 2 aromatic heterocycles. The minimum absolute atomic E-state index is 0.0400. The van der Waals surface area contributed by atoms with E-state index in [2.05, 4.69) is 14.6 Å². The first kappa shape index (κ1) is 26.3. The Hall–Kier alpha value is -2.89. The molecule has 3 aliphatic rings. The molecule has 1 amide bonds. The van der Waals surface area contributed by atoms with Gasteiger partial charge < -0.3 is 9.64 Å². The molecule has 4 heterocycles. The van der Waals surface area contributed by atoms with Crippen molar-refractivity contribution in [2.24, 2.45) is 0 Å². The smallest absolute Gasteiger partial charge is 0.283 e. The van der Waals surface area contributed by atoms with E-state index in [0.717, 1.165) is 94.1 Å². The van der Waals surface area contributed by atoms with Gasteiger partial charge in [-0.2, -0.15) is 5.10 Å². The van der Waals surface area contributed by atoms with Crippen LogP contribution < -0.4 is 4.72 Å². The average Bonchev–Trinajstić information content (AvgIpc) is 3.26. The van der Waals surface area contributed by atoms with E-state index in [4.69, 9.17) is 9.84 Å². The molecule has 1 saturated carbocycles. The van der Waals surface area contributed by atoms with E-state index in [1.165, 1.54) is 12.1 Å². The number of halogens is 1. The second-order valence-electron chi connectivity index (χ2n) is 11.1. The maximum absolute atomic E-state index is 13.7. The minimum atomic E-state index is -3.77. The quantitative estimate of drug-likeness (QED) is 0.492. The highest BCUT2D eigenvalue weighted by atomic mass is 32.2. The Morgan fingerprint density at radius 2 is 1.72 bits per heavy atom. The molecule has 1 aliphatic carbocycles. The Labute approximate surface area is 227 Å². The summed E-state index contributed by atoms with van der Waals surface area (Å²) in [6, 6.07) is 8.35. The number of benzene rings is 1. The van der Waals surface area contributed by atoms with Gasteiger partial charge in [-0.3, -0.25) is 4.79 Å². The topological polar surface area (TPSA) is 106 Å². The molecular formula is C28H34FN5O4S. The zero-order valence-electron chi connectivity index (χ0n) is 22.1. The number of hydrogen-bond acceptors (Lipinski definition) is 7. The highest BCUT2D eigenvalue weighted by Gasteiger charge is 2.33. The number of pyridine rings is 1. The van der Waals surface area contributed by atoms with Gasteiger partial charge in [0.15, 0.2) is 5.65 Å². The number of carbonyl (C=O) groups is 1. The van der Waals surface area contributed by atoms with Crippen LogP contribution in [0.5, 0.6) is 0 Å². The van der Waals surface area contributed by atoms with Gasteiger partial charge in [0, 0.05) is 30.6 Å². The van der Waals surface area contributed by atoms with Gasteiger partial charge in [0.2, 0.25) is 10.0 Å². The molecule has 3 aromatic rings. The molecule has 0 unspecified atom stereocenters. The van der Waals surface area contributed by atoms with E-state index < -0.39 is 15.9 Å². The van der Waals surface area contributed by atoms with E-state index >= 15 is 0 Å². The number of sulfonamides is 1. The van der Waals surface area contributed by atoms with Gasteiger partial charge in [0.25, 0.3) is 5.91 Å². The van der Waals surface area contributed by atoms with Gasteiger partial charge in [-0.25, -0.2) is 27.2 Å². The standard InChI is InChI=1S/C28H34FN5O4S/c1-39(36,37)32-28(35)24-17-23(18-9-13-33(14-10-18)21-11-15-38-16-12-21)25-26(19-3-2-4-19)31-34(27(25)30-24)22-7-5-20(29)6-8-22/h5-8,17-19,21H,2-4,9-16H2,1H3,(H,32,35). The SMILES string of the molecule is CS(=O)(=O)NC(=O)c1cc(C2CCN(C3CCOCC3)CC2)c2c(C3CCC3)nn(-c3ccc(F)cc3)c2n1. The summed E-state index contributed by atoms with van der Waals surface area (Å²) in [5.41, 5.74) is 3.15. The molecule has 39 heavy (non-hydrogen) atoms. The van der Waals surface area contributed by atoms with Crippen LogP contribution in [0.3, 0.4) is 0 Å². The summed E-state index contributed by atoms with van der Waals surface area (Å²) < 4.78 is 46.8. The second-order valence-corrected chi connectivity index (χ2v) is 12.8. The van der Waals surface area contributed by atoms with Crippen molar-refractivity contribution in [1.29, 1.82) is 0 Å². The molecule has 3 fully saturated rings. The van der Waals surface area contributed by atoms with Crippen molar-refractivity contribution in [3.8, 4) is 5.69 Å². The number of nitrogens with one attached hydrogen (secondary N) is 1. The number of amides is 1. The van der Waals surface area contributed by atoms with Crippen LogP contribution in [-0.4, -0.2) is 72.6 Å². The Bertz CT molecular complexity index is 1470. The fourth-order valence-electron chi connectivity index (χ4n) is 6.19. The Morgan fingerprint density at radius 3 is 2.33 bits per heavy atom. The van der Waals surface area contributed by atoms with Crippen LogP contribution >= 0.6 is 0 Å². The molecule has 9 nitrogen and oxygen atoms in total. The lowest BCUT2D eigenvalue weighted by Gasteiger charge is -2.39. The maximum atomic E-state index is 13.7. The minimum Gasteiger partial charge on any atom is -0.381 e. The molecule has 6 rings (SSSR count). The molecule has 1 aromatic carbocycles. The van der Waals surface area contributed by atoms with Crippen molar-refractivity contribution >= 4 is 27.0 Å². The number of ether oxygens (including phenoxy) is 1. The number of piperidine rings is 1. The number of likely N-dealkylation sites (tertiary alicyclic amines) is 1. The number of nitrogens with zero attached hydrogens (tertiary/aromatic N) is 4. The van der Waals surface area contributed by atoms with Crippen molar-refractivity contribution in [2.75, 3.05) is 32.6 Å². The summed E-state index contributed by atoms with van der Waals surface area (Å²) in [5, 5.41) is 5.94. The van der Waals surface area contributed by atoms with Crippen molar-refractivity contribution in [3.05, 3.63) is 53.1 Å². The van der Waals surface area contributed by atoms with Crippen molar-refractivity contribution in [2.45, 2.75) is 62.8 Å². The van der Waals surface area contributed by atoms with Crippen LogP contribution in [0.1, 0.15) is 78.5 Å². The van der Waals surface area contributed by atoms with Gasteiger partial charge >= 0.3 is 0 Å². The number of fused-ring (bicyclic) bond motifs is 1. The molecule has 2 aliphatic heterocycles. The third-order valence-corrected chi connectivity index (χ3v) is 9.00. The highest BCUT2D eigenvalue weighted by Crippen LogP contribution is 2.43. The third kappa shape index (κ3) is 5.44. The summed E-state index contributed by atoms with van der Waals surface area (Å²) in [4.78, 5) is 20.3. The number of aromatic nitrogens is 3. The van der Waals surface area contributed by atoms with E-state index in [1.54, 1.807) is 22.9 Å². The number of carbonyl (C=O) groups excluding carboxylic acids is 1. The van der Waals surface area contributed by atoms with Gasteiger partial charge in [-0.15, -0.1) is 0 Å². The first-order valence-corrected chi connectivity index (χ1v) is 15.7. The summed E-state index contributed by atoms with van der Waals surface area (Å²) >= 11 is 0. The Balaban J connectivity index is 1.45. The molecule has 0 radical (unpaired) electrons. The highest BCUT2D eigenvalue weighted by molar-refractivity contribution is 7.89. The second kappa shape index (κ2) is 10.6. The molecule has 0 bridgehead atoms. The molecule has 0 spiro atoms. The number of rotatable bonds is 6. The Kier molecular flexibility index (Phi) is 7.15. The Morgan fingerprint density at radius 1 is 1.03 bits per heavy atom. The van der Waals surface area contributed by atoms with Crippen molar-refractivity contribution in [3.63, 3.8) is 0 Å². The molecule has 208 valence electrons. The monoisotopic (exact) mass is 555 g/mol. The maximum Gasteiger partial charge on any atom is 0.283 e. The van der Waals surface area contributed by atoms with Gasteiger partial charge in [0.05, 0.1) is 17.6 Å². The predicted molar refractivity (Wildman–Crippen MR) is 145 cm³/mol. The van der Waals surface area contributed by atoms with Crippen molar-refractivity contribution in [1.82, 2.24) is 24.4 Å². The largest absolute Gasteiger partial charge is 0.381 e. The van der Waals surface area contributed by atoms with Crippen LogP contribution in [0.25, 0.3) is 16.7 Å². The van der Waals surface area contributed by atoms with E-state index in [-0.39, 0.29) is 17.4 Å². The summed E-state index contributed by atoms with van der Waals surface area (Å²) in [6.45, 7) is 3.52. The van der Waals surface area contributed by atoms with Crippen LogP contribution in [0.15, 0.2) is 30.3 Å². The zero-order valence-corrected chi connectivity index (χ0v) is 22.9. The van der Waals surface area contributed by atoms with Crippen molar-refractivity contribution < 1.29 is 22.3 Å². The fraction of sp³-hybridized carbons (Fsp3) is 0.536. The lowest BCUT2D eigenvalue weighted by atomic mass is 9.79. The van der Waals surface area contributed by atoms with E-state index in [1.807, 2.05) is 0 Å². The molecule has 2 saturated heterocycles. The van der Waals surface area contributed by atoms with Gasteiger partial charge in [0.1, 0.15) is 11.5 Å². The van der Waals surface area contributed by atoms with Crippen LogP contribution in [0.2, 0.25) is 0 Å². The first-order chi connectivity index (χ1) is 18.8. The molecular weight excluding hydrogens is 521 g/mol. The summed E-state index contributed by atoms with van der Waals surface area (Å²) in [5.74, 6) is -0.640. The zero-order chi connectivity index (χ0) is 27.1. The lowest BCUT2D eigenvalue weighted by Crippen LogP contribution is -2.43. The number of hydrogen-bond donors (Lipinski definition) is 1. The van der Waals surface area contributed by atoms with Gasteiger partial charge in [-0.1, -0.05) is 6.42 Å². The van der Waals surface area contributed by atoms with E-state index in [0.29, 0.717) is 23.3 Å².